The van der Waals surface area contributed by atoms with Crippen molar-refractivity contribution < 1.29 is 24.2 Å². The van der Waals surface area contributed by atoms with Crippen LogP contribution in [0.3, 0.4) is 0 Å². The summed E-state index contributed by atoms with van der Waals surface area (Å²) in [5, 5.41) is 8.21. The minimum absolute atomic E-state index is 0.132. The van der Waals surface area contributed by atoms with E-state index in [0.29, 0.717) is 18.3 Å². The molecular formula is C10H14O5. The minimum atomic E-state index is -0.635. The predicted molar refractivity (Wildman–Crippen MR) is 53.1 cm³/mol. The van der Waals surface area contributed by atoms with E-state index in [1.165, 1.54) is 0 Å². The van der Waals surface area contributed by atoms with Crippen LogP contribution in [0.2, 0.25) is 0 Å². The van der Waals surface area contributed by atoms with Crippen LogP contribution < -0.4 is 0 Å². The van der Waals surface area contributed by atoms with Gasteiger partial charge in [0.25, 0.3) is 0 Å². The largest absolute Gasteiger partial charge is 0.515 e. The summed E-state index contributed by atoms with van der Waals surface area (Å²) in [5.41, 5.74) is 0.329. The predicted octanol–water partition coefficient (Wildman–Crippen LogP) is 1.11. The van der Waals surface area contributed by atoms with Crippen LogP contribution in [-0.2, 0) is 19.1 Å². The fraction of sp³-hybridized carbons (Fsp3) is 0.400. The molecule has 84 valence electrons. The summed E-state index contributed by atoms with van der Waals surface area (Å²) >= 11 is 0. The maximum absolute atomic E-state index is 10.9. The molecule has 5 nitrogen and oxygen atoms in total. The van der Waals surface area contributed by atoms with E-state index < -0.39 is 11.9 Å². The van der Waals surface area contributed by atoms with Crippen molar-refractivity contribution in [3.63, 3.8) is 0 Å². The van der Waals surface area contributed by atoms with Gasteiger partial charge in [-0.2, -0.15) is 0 Å². The zero-order valence-electron chi connectivity index (χ0n) is 8.56. The molecule has 0 radical (unpaired) electrons. The maximum atomic E-state index is 10.9. The first kappa shape index (κ1) is 13.2. The van der Waals surface area contributed by atoms with Gasteiger partial charge in [-0.05, 0) is 6.92 Å². The van der Waals surface area contributed by atoms with Gasteiger partial charge >= 0.3 is 11.9 Å². The Morgan fingerprint density at radius 2 is 1.93 bits per heavy atom. The molecule has 0 saturated carbocycles. The first-order valence-corrected chi connectivity index (χ1v) is 4.38. The lowest BCUT2D eigenvalue weighted by Gasteiger charge is -2.04. The third-order valence-corrected chi connectivity index (χ3v) is 1.33. The average molecular weight is 214 g/mol. The Labute approximate surface area is 88.0 Å². The molecule has 0 saturated heterocycles. The fourth-order valence-electron chi connectivity index (χ4n) is 0.629. The highest BCUT2D eigenvalue weighted by Gasteiger charge is 2.02. The van der Waals surface area contributed by atoms with Crippen molar-refractivity contribution in [2.45, 2.75) is 13.3 Å². The van der Waals surface area contributed by atoms with Crippen molar-refractivity contribution in [1.29, 1.82) is 0 Å². The number of hydrogen-bond acceptors (Lipinski definition) is 5. The van der Waals surface area contributed by atoms with Gasteiger partial charge in [-0.3, -0.25) is 0 Å². The van der Waals surface area contributed by atoms with E-state index in [-0.39, 0.29) is 13.2 Å². The summed E-state index contributed by atoms with van der Waals surface area (Å²) in [6.07, 6.45) is 1.90. The van der Waals surface area contributed by atoms with E-state index >= 15 is 0 Å². The Hall–Kier alpha value is -1.78. The van der Waals surface area contributed by atoms with E-state index in [1.807, 2.05) is 0 Å². The normalized spacial score (nSPS) is 9.93. The van der Waals surface area contributed by atoms with Gasteiger partial charge < -0.3 is 14.6 Å². The number of carbonyl (C=O) groups is 2. The van der Waals surface area contributed by atoms with Crippen LogP contribution in [0.1, 0.15) is 13.3 Å². The molecule has 0 aliphatic rings. The number of hydrogen-bond donors (Lipinski definition) is 1. The Morgan fingerprint density at radius 1 is 1.33 bits per heavy atom. The van der Waals surface area contributed by atoms with Crippen molar-refractivity contribution in [2.75, 3.05) is 13.2 Å². The molecule has 5 heteroatoms. The van der Waals surface area contributed by atoms with E-state index in [4.69, 9.17) is 9.84 Å². The molecule has 0 atom stereocenters. The van der Waals surface area contributed by atoms with E-state index in [1.54, 1.807) is 6.92 Å². The molecule has 0 fully saturated rings. The van der Waals surface area contributed by atoms with Crippen LogP contribution in [0.15, 0.2) is 24.5 Å². The monoisotopic (exact) mass is 214 g/mol. The molecule has 1 N–H and O–H groups in total. The van der Waals surface area contributed by atoms with Crippen molar-refractivity contribution in [3.05, 3.63) is 24.5 Å². The second kappa shape index (κ2) is 7.61. The smallest absolute Gasteiger partial charge is 0.333 e. The molecule has 0 heterocycles. The quantitative estimate of drug-likeness (QED) is 0.310. The summed E-state index contributed by atoms with van der Waals surface area (Å²) in [6.45, 7) is 5.26. The zero-order valence-corrected chi connectivity index (χ0v) is 8.56. The lowest BCUT2D eigenvalue weighted by atomic mass is 10.4. The summed E-state index contributed by atoms with van der Waals surface area (Å²) in [4.78, 5) is 21.5. The van der Waals surface area contributed by atoms with Crippen LogP contribution in [0, 0.1) is 0 Å². The molecule has 0 aliphatic carbocycles. The fourth-order valence-corrected chi connectivity index (χ4v) is 0.629. The van der Waals surface area contributed by atoms with Gasteiger partial charge in [-0.15, -0.1) is 0 Å². The van der Waals surface area contributed by atoms with E-state index in [2.05, 4.69) is 11.3 Å². The third-order valence-electron chi connectivity index (χ3n) is 1.33. The summed E-state index contributed by atoms with van der Waals surface area (Å²) in [6, 6.07) is 0. The van der Waals surface area contributed by atoms with Crippen molar-refractivity contribution in [1.82, 2.24) is 0 Å². The van der Waals surface area contributed by atoms with Crippen molar-refractivity contribution in [3.8, 4) is 0 Å². The molecule has 0 rings (SSSR count). The SMILES string of the molecule is C=C(C)C(=O)OCCCOC(=O)C=CO. The number of ether oxygens (including phenoxy) is 2. The van der Waals surface area contributed by atoms with Gasteiger partial charge in [-0.25, -0.2) is 9.59 Å². The topological polar surface area (TPSA) is 72.8 Å². The molecule has 15 heavy (non-hydrogen) atoms. The van der Waals surface area contributed by atoms with Gasteiger partial charge in [0.1, 0.15) is 0 Å². The Kier molecular flexibility index (Phi) is 6.70. The molecule has 0 spiro atoms. The van der Waals surface area contributed by atoms with Crippen molar-refractivity contribution in [2.24, 2.45) is 0 Å². The zero-order chi connectivity index (χ0) is 11.7. The van der Waals surface area contributed by atoms with Crippen LogP contribution in [0.5, 0.6) is 0 Å². The average Bonchev–Trinajstić information content (AvgIpc) is 2.17. The number of esters is 2. The number of rotatable bonds is 6. The lowest BCUT2D eigenvalue weighted by Crippen LogP contribution is -2.09. The Bertz CT molecular complexity index is 267. The standard InChI is InChI=1S/C10H14O5/c1-8(2)10(13)15-7-3-6-14-9(12)4-5-11/h4-5,11H,1,3,6-7H2,2H3. The lowest BCUT2D eigenvalue weighted by molar-refractivity contribution is -0.140. The maximum Gasteiger partial charge on any atom is 0.333 e. The summed E-state index contributed by atoms with van der Waals surface area (Å²) < 4.78 is 9.37. The minimum Gasteiger partial charge on any atom is -0.515 e. The molecule has 0 aromatic heterocycles. The molecule has 0 amide bonds. The van der Waals surface area contributed by atoms with Gasteiger partial charge in [0.05, 0.1) is 25.6 Å². The summed E-state index contributed by atoms with van der Waals surface area (Å²) in [7, 11) is 0. The van der Waals surface area contributed by atoms with Gasteiger partial charge in [0, 0.05) is 12.0 Å². The molecule has 0 bridgehead atoms. The number of aliphatic hydroxyl groups excluding tert-OH is 1. The van der Waals surface area contributed by atoms with Crippen molar-refractivity contribution >= 4 is 11.9 Å². The third kappa shape index (κ3) is 7.30. The first-order chi connectivity index (χ1) is 7.07. The molecule has 0 unspecified atom stereocenters. The highest BCUT2D eigenvalue weighted by atomic mass is 16.5. The van der Waals surface area contributed by atoms with E-state index in [9.17, 15) is 9.59 Å². The Morgan fingerprint density at radius 3 is 2.47 bits per heavy atom. The Balaban J connectivity index is 3.44. The number of carbonyl (C=O) groups excluding carboxylic acids is 2. The van der Waals surface area contributed by atoms with Crippen LogP contribution >= 0.6 is 0 Å². The molecule has 0 aliphatic heterocycles. The highest BCUT2D eigenvalue weighted by Crippen LogP contribution is 1.94. The molecular weight excluding hydrogens is 200 g/mol. The second-order valence-corrected chi connectivity index (χ2v) is 2.75. The van der Waals surface area contributed by atoms with Gasteiger partial charge in [-0.1, -0.05) is 6.58 Å². The molecule has 0 aromatic rings. The molecule has 0 aromatic carbocycles. The summed E-state index contributed by atoms with van der Waals surface area (Å²) in [5.74, 6) is -1.10. The van der Waals surface area contributed by atoms with Crippen LogP contribution in [0.25, 0.3) is 0 Å². The van der Waals surface area contributed by atoms with Gasteiger partial charge in [0.2, 0.25) is 0 Å². The van der Waals surface area contributed by atoms with Crippen LogP contribution in [0.4, 0.5) is 0 Å². The van der Waals surface area contributed by atoms with Crippen LogP contribution in [-0.4, -0.2) is 30.3 Å². The van der Waals surface area contributed by atoms with Gasteiger partial charge in [0.15, 0.2) is 0 Å². The number of aliphatic hydroxyl groups is 1. The highest BCUT2D eigenvalue weighted by molar-refractivity contribution is 5.86. The first-order valence-electron chi connectivity index (χ1n) is 4.38. The van der Waals surface area contributed by atoms with E-state index in [0.717, 1.165) is 6.08 Å². The second-order valence-electron chi connectivity index (χ2n) is 2.75.